The molecule has 0 unspecified atom stereocenters. The molecule has 24 heavy (non-hydrogen) atoms. The molecule has 0 amide bonds. The van der Waals surface area contributed by atoms with Gasteiger partial charge < -0.3 is 0 Å². The summed E-state index contributed by atoms with van der Waals surface area (Å²) in [6.45, 7) is 0. The highest BCUT2D eigenvalue weighted by atomic mass is 16.1. The number of fused-ring (bicyclic) bond motifs is 1. The van der Waals surface area contributed by atoms with Crippen LogP contribution >= 0.6 is 0 Å². The van der Waals surface area contributed by atoms with Crippen LogP contribution in [0.1, 0.15) is 0 Å². The molecule has 114 valence electrons. The lowest BCUT2D eigenvalue weighted by Gasteiger charge is -2.03. The Hall–Kier alpha value is -3.72. The number of hydrogen-bond donors (Lipinski definition) is 0. The number of azo groups is 1. The van der Waals surface area contributed by atoms with Gasteiger partial charge in [0.1, 0.15) is 0 Å². The van der Waals surface area contributed by atoms with Crippen molar-refractivity contribution >= 4 is 45.7 Å². The number of carbonyl (C=O) groups excluding carboxylic acids is 2. The van der Waals surface area contributed by atoms with E-state index in [0.717, 1.165) is 10.8 Å². The minimum atomic E-state index is 0.505. The number of aliphatic imine (C=N–C) groups is 2. The van der Waals surface area contributed by atoms with Crippen molar-refractivity contribution in [1.82, 2.24) is 0 Å². The SMILES string of the molecule is O=C=Nc1ccc(N=Nc2ccc(N=C=O)c3ccccc23)cc1. The normalized spacial score (nSPS) is 10.3. The first-order valence-electron chi connectivity index (χ1n) is 7.01. The van der Waals surface area contributed by atoms with Crippen LogP contribution in [0.25, 0.3) is 10.8 Å². The standard InChI is InChI=1S/C18H10N4O2/c23-11-19-13-5-7-14(8-6-13)21-22-18-10-9-17(20-12-24)15-3-1-2-4-16(15)18/h1-10H. The molecular weight excluding hydrogens is 304 g/mol. The second kappa shape index (κ2) is 7.03. The van der Waals surface area contributed by atoms with E-state index in [2.05, 4.69) is 20.2 Å². The number of rotatable bonds is 4. The molecule has 0 aromatic heterocycles. The topological polar surface area (TPSA) is 83.6 Å². The molecule has 0 heterocycles. The van der Waals surface area contributed by atoms with Crippen LogP contribution in [0.2, 0.25) is 0 Å². The van der Waals surface area contributed by atoms with Crippen LogP contribution in [-0.4, -0.2) is 12.2 Å². The summed E-state index contributed by atoms with van der Waals surface area (Å²) in [6.07, 6.45) is 3.04. The van der Waals surface area contributed by atoms with E-state index in [1.807, 2.05) is 24.3 Å². The fraction of sp³-hybridized carbons (Fsp3) is 0. The van der Waals surface area contributed by atoms with Gasteiger partial charge in [-0.05, 0) is 36.4 Å². The summed E-state index contributed by atoms with van der Waals surface area (Å²) in [6, 6.07) is 17.6. The van der Waals surface area contributed by atoms with Crippen molar-refractivity contribution in [2.45, 2.75) is 0 Å². The van der Waals surface area contributed by atoms with Gasteiger partial charge in [0, 0.05) is 10.8 Å². The Morgan fingerprint density at radius 1 is 0.583 bits per heavy atom. The average molecular weight is 314 g/mol. The van der Waals surface area contributed by atoms with Gasteiger partial charge in [-0.2, -0.15) is 15.1 Å². The quantitative estimate of drug-likeness (QED) is 0.377. The largest absolute Gasteiger partial charge is 0.240 e. The molecule has 0 saturated heterocycles. The molecule has 0 bridgehead atoms. The van der Waals surface area contributed by atoms with Gasteiger partial charge >= 0.3 is 0 Å². The maximum absolute atomic E-state index is 10.5. The van der Waals surface area contributed by atoms with Gasteiger partial charge in [-0.15, -0.1) is 5.11 Å². The van der Waals surface area contributed by atoms with Crippen LogP contribution in [0.3, 0.4) is 0 Å². The second-order valence-corrected chi connectivity index (χ2v) is 4.77. The molecule has 0 fully saturated rings. The molecule has 3 aromatic carbocycles. The Morgan fingerprint density at radius 3 is 1.83 bits per heavy atom. The Morgan fingerprint density at radius 2 is 1.17 bits per heavy atom. The molecule has 6 heteroatoms. The maximum atomic E-state index is 10.5. The van der Waals surface area contributed by atoms with Crippen molar-refractivity contribution in [2.24, 2.45) is 20.2 Å². The average Bonchev–Trinajstić information content (AvgIpc) is 2.63. The second-order valence-electron chi connectivity index (χ2n) is 4.77. The highest BCUT2D eigenvalue weighted by Gasteiger charge is 2.04. The smallest absolute Gasteiger partial charge is 0.211 e. The third-order valence-corrected chi connectivity index (χ3v) is 3.34. The van der Waals surface area contributed by atoms with Crippen LogP contribution in [-0.2, 0) is 9.59 Å². The van der Waals surface area contributed by atoms with Crippen molar-refractivity contribution < 1.29 is 9.59 Å². The molecule has 3 rings (SSSR count). The third-order valence-electron chi connectivity index (χ3n) is 3.34. The number of benzene rings is 3. The van der Waals surface area contributed by atoms with E-state index in [-0.39, 0.29) is 0 Å². The van der Waals surface area contributed by atoms with Crippen molar-refractivity contribution in [3.8, 4) is 0 Å². The summed E-state index contributed by atoms with van der Waals surface area (Å²) in [4.78, 5) is 27.9. The number of isocyanates is 2. The molecule has 0 atom stereocenters. The summed E-state index contributed by atoms with van der Waals surface area (Å²) in [5, 5.41) is 10.1. The summed E-state index contributed by atoms with van der Waals surface area (Å²) < 4.78 is 0. The van der Waals surface area contributed by atoms with Crippen LogP contribution in [0.15, 0.2) is 80.9 Å². The highest BCUT2D eigenvalue weighted by Crippen LogP contribution is 2.34. The summed E-state index contributed by atoms with van der Waals surface area (Å²) in [5.74, 6) is 0. The highest BCUT2D eigenvalue weighted by molar-refractivity contribution is 6.00. The molecule has 6 nitrogen and oxygen atoms in total. The molecule has 0 saturated carbocycles. The van der Waals surface area contributed by atoms with E-state index in [9.17, 15) is 9.59 Å². The zero-order valence-electron chi connectivity index (χ0n) is 12.4. The van der Waals surface area contributed by atoms with Gasteiger partial charge in [0.15, 0.2) is 0 Å². The van der Waals surface area contributed by atoms with Gasteiger partial charge in [-0.1, -0.05) is 24.3 Å². The first-order chi connectivity index (χ1) is 11.8. The van der Waals surface area contributed by atoms with E-state index in [4.69, 9.17) is 0 Å². The van der Waals surface area contributed by atoms with Gasteiger partial charge in [-0.3, -0.25) is 0 Å². The van der Waals surface area contributed by atoms with E-state index in [1.54, 1.807) is 42.5 Å². The van der Waals surface area contributed by atoms with Crippen LogP contribution in [0, 0.1) is 0 Å². The maximum Gasteiger partial charge on any atom is 0.240 e. The fourth-order valence-corrected chi connectivity index (χ4v) is 2.26. The molecule has 0 radical (unpaired) electrons. The zero-order valence-corrected chi connectivity index (χ0v) is 12.4. The molecule has 0 spiro atoms. The molecule has 0 N–H and O–H groups in total. The Kier molecular flexibility index (Phi) is 4.45. The molecule has 3 aromatic rings. The van der Waals surface area contributed by atoms with Crippen LogP contribution in [0.5, 0.6) is 0 Å². The lowest BCUT2D eigenvalue weighted by molar-refractivity contribution is 0.564. The monoisotopic (exact) mass is 314 g/mol. The molecular formula is C18H10N4O2. The van der Waals surface area contributed by atoms with Crippen molar-refractivity contribution in [3.05, 3.63) is 60.7 Å². The minimum Gasteiger partial charge on any atom is -0.211 e. The van der Waals surface area contributed by atoms with Crippen molar-refractivity contribution in [2.75, 3.05) is 0 Å². The summed E-state index contributed by atoms with van der Waals surface area (Å²) >= 11 is 0. The number of hydrogen-bond acceptors (Lipinski definition) is 6. The number of nitrogens with zero attached hydrogens (tertiary/aromatic N) is 4. The summed E-state index contributed by atoms with van der Waals surface area (Å²) in [7, 11) is 0. The van der Waals surface area contributed by atoms with Crippen molar-refractivity contribution in [3.63, 3.8) is 0 Å². The minimum absolute atomic E-state index is 0.505. The van der Waals surface area contributed by atoms with E-state index in [1.165, 1.54) is 6.08 Å². The van der Waals surface area contributed by atoms with Crippen LogP contribution < -0.4 is 0 Å². The predicted octanol–water partition coefficient (Wildman–Crippen LogP) is 5.19. The first kappa shape index (κ1) is 15.2. The van der Waals surface area contributed by atoms with Crippen molar-refractivity contribution in [1.29, 1.82) is 0 Å². The van der Waals surface area contributed by atoms with Gasteiger partial charge in [-0.25, -0.2) is 9.59 Å². The Bertz CT molecular complexity index is 1010. The summed E-state index contributed by atoms with van der Waals surface area (Å²) in [5.41, 5.74) is 2.32. The molecule has 0 aliphatic carbocycles. The zero-order chi connectivity index (χ0) is 16.8. The van der Waals surface area contributed by atoms with Gasteiger partial charge in [0.2, 0.25) is 12.2 Å². The lowest BCUT2D eigenvalue weighted by Crippen LogP contribution is -1.75. The van der Waals surface area contributed by atoms with E-state index < -0.39 is 0 Å². The fourth-order valence-electron chi connectivity index (χ4n) is 2.26. The van der Waals surface area contributed by atoms with E-state index in [0.29, 0.717) is 22.7 Å². The predicted molar refractivity (Wildman–Crippen MR) is 90.1 cm³/mol. The van der Waals surface area contributed by atoms with E-state index >= 15 is 0 Å². The lowest BCUT2D eigenvalue weighted by atomic mass is 10.1. The van der Waals surface area contributed by atoms with Crippen LogP contribution in [0.4, 0.5) is 22.7 Å². The van der Waals surface area contributed by atoms with Gasteiger partial charge in [0.25, 0.3) is 0 Å². The third kappa shape index (κ3) is 3.20. The molecule has 0 aliphatic heterocycles. The Balaban J connectivity index is 1.99. The molecule has 0 aliphatic rings. The first-order valence-corrected chi connectivity index (χ1v) is 7.01. The Labute approximate surface area is 136 Å². The van der Waals surface area contributed by atoms with Gasteiger partial charge in [0.05, 0.1) is 22.7 Å².